The number of rotatable bonds is 52. The minimum atomic E-state index is -0.853. The molecule has 6 heteroatoms. The van der Waals surface area contributed by atoms with Crippen LogP contribution in [0.2, 0.25) is 0 Å². The van der Waals surface area contributed by atoms with Gasteiger partial charge in [0.15, 0.2) is 0 Å². The molecule has 3 N–H and O–H groups in total. The van der Waals surface area contributed by atoms with Crippen molar-refractivity contribution in [3.63, 3.8) is 0 Å². The summed E-state index contributed by atoms with van der Waals surface area (Å²) in [5, 5.41) is 23.1. The van der Waals surface area contributed by atoms with Gasteiger partial charge in [0, 0.05) is 12.8 Å². The summed E-state index contributed by atoms with van der Waals surface area (Å²) in [7, 11) is 0. The average molecular weight is 901 g/mol. The van der Waals surface area contributed by atoms with Crippen LogP contribution < -0.4 is 5.32 Å². The predicted molar refractivity (Wildman–Crippen MR) is 278 cm³/mol. The van der Waals surface area contributed by atoms with Gasteiger partial charge in [-0.15, -0.1) is 0 Å². The largest absolute Gasteiger partial charge is 0.466 e. The Hall–Kier alpha value is -1.92. The van der Waals surface area contributed by atoms with Gasteiger partial charge in [-0.2, -0.15) is 0 Å². The van der Waals surface area contributed by atoms with Crippen LogP contribution in [0.5, 0.6) is 0 Å². The maximum atomic E-state index is 12.4. The Kier molecular flexibility index (Phi) is 52.1. The molecule has 0 bridgehead atoms. The average Bonchev–Trinajstić information content (AvgIpc) is 3.29. The summed E-state index contributed by atoms with van der Waals surface area (Å²) in [6.07, 6.45) is 65.8. The Morgan fingerprint density at radius 2 is 0.781 bits per heavy atom. The summed E-state index contributed by atoms with van der Waals surface area (Å²) >= 11 is 0. The number of amides is 1. The molecule has 376 valence electrons. The van der Waals surface area contributed by atoms with Gasteiger partial charge in [0.2, 0.25) is 5.91 Å². The molecule has 0 saturated carbocycles. The standard InChI is InChI=1S/C58H109NO5/c1-3-5-7-9-11-13-15-17-19-20-21-22-24-28-32-36-40-44-48-52-58(63)64-53-49-45-41-37-33-29-25-27-31-35-39-43-47-51-57(62)59-55(54-60)56(61)50-46-42-38-34-30-26-23-18-16-14-12-10-8-6-4-2/h11,13,17,19,46,50,55-56,60-61H,3-10,12,14-16,18,20-45,47-49,51-54H2,1-2H3,(H,59,62)/b13-11-,19-17-,50-46+. The third-order valence-electron chi connectivity index (χ3n) is 12.9. The maximum Gasteiger partial charge on any atom is 0.305 e. The quantitative estimate of drug-likeness (QED) is 0.0321. The molecule has 0 saturated heterocycles. The van der Waals surface area contributed by atoms with Crippen molar-refractivity contribution in [3.05, 3.63) is 36.5 Å². The Morgan fingerprint density at radius 3 is 1.22 bits per heavy atom. The molecule has 0 aliphatic carbocycles. The van der Waals surface area contributed by atoms with Crippen LogP contribution in [0.3, 0.4) is 0 Å². The van der Waals surface area contributed by atoms with Crippen LogP contribution in [-0.4, -0.2) is 47.4 Å². The lowest BCUT2D eigenvalue weighted by molar-refractivity contribution is -0.143. The fraction of sp³-hybridized carbons (Fsp3) is 0.862. The van der Waals surface area contributed by atoms with Crippen molar-refractivity contribution < 1.29 is 24.5 Å². The van der Waals surface area contributed by atoms with Crippen molar-refractivity contribution in [1.29, 1.82) is 0 Å². The normalized spacial score (nSPS) is 12.9. The Labute approximate surface area is 398 Å². The molecule has 2 atom stereocenters. The number of aliphatic hydroxyl groups excluding tert-OH is 2. The predicted octanol–water partition coefficient (Wildman–Crippen LogP) is 17.2. The van der Waals surface area contributed by atoms with E-state index in [-0.39, 0.29) is 18.5 Å². The first-order chi connectivity index (χ1) is 31.5. The van der Waals surface area contributed by atoms with Crippen molar-refractivity contribution >= 4 is 11.9 Å². The molecule has 6 nitrogen and oxygen atoms in total. The Morgan fingerprint density at radius 1 is 0.438 bits per heavy atom. The number of allylic oxidation sites excluding steroid dienone is 5. The number of nitrogens with one attached hydrogen (secondary N) is 1. The van der Waals surface area contributed by atoms with Crippen LogP contribution in [0.25, 0.3) is 0 Å². The summed E-state index contributed by atoms with van der Waals surface area (Å²) in [6, 6.07) is -0.638. The fourth-order valence-electron chi connectivity index (χ4n) is 8.55. The number of hydrogen-bond donors (Lipinski definition) is 3. The van der Waals surface area contributed by atoms with E-state index in [4.69, 9.17) is 4.74 Å². The first-order valence-electron chi connectivity index (χ1n) is 28.3. The van der Waals surface area contributed by atoms with Gasteiger partial charge in [-0.25, -0.2) is 0 Å². The molecule has 0 heterocycles. The summed E-state index contributed by atoms with van der Waals surface area (Å²) in [5.74, 6) is -0.0913. The van der Waals surface area contributed by atoms with Gasteiger partial charge < -0.3 is 20.3 Å². The number of carbonyl (C=O) groups excluding carboxylic acids is 2. The van der Waals surface area contributed by atoms with Gasteiger partial charge in [0.05, 0.1) is 25.4 Å². The number of aliphatic hydroxyl groups is 2. The zero-order valence-corrected chi connectivity index (χ0v) is 42.8. The van der Waals surface area contributed by atoms with Gasteiger partial charge >= 0.3 is 5.97 Å². The minimum absolute atomic E-state index is 0.0108. The molecule has 0 aromatic rings. The summed E-state index contributed by atoms with van der Waals surface area (Å²) < 4.78 is 5.48. The van der Waals surface area contributed by atoms with Crippen LogP contribution in [0, 0.1) is 0 Å². The zero-order valence-electron chi connectivity index (χ0n) is 42.8. The smallest absolute Gasteiger partial charge is 0.305 e. The van der Waals surface area contributed by atoms with E-state index in [1.165, 1.54) is 205 Å². The second kappa shape index (κ2) is 53.7. The highest BCUT2D eigenvalue weighted by molar-refractivity contribution is 5.76. The van der Waals surface area contributed by atoms with Crippen LogP contribution in [0.1, 0.15) is 296 Å². The number of unbranched alkanes of at least 4 members (excludes halogenated alkanes) is 37. The van der Waals surface area contributed by atoms with Gasteiger partial charge in [0.25, 0.3) is 0 Å². The molecule has 0 aliphatic rings. The zero-order chi connectivity index (χ0) is 46.5. The van der Waals surface area contributed by atoms with Crippen LogP contribution in [0.15, 0.2) is 36.5 Å². The summed E-state index contributed by atoms with van der Waals surface area (Å²) in [6.45, 7) is 4.85. The molecule has 0 spiro atoms. The molecule has 2 unspecified atom stereocenters. The van der Waals surface area contributed by atoms with E-state index in [2.05, 4.69) is 43.5 Å². The third-order valence-corrected chi connectivity index (χ3v) is 12.9. The first-order valence-corrected chi connectivity index (χ1v) is 28.3. The number of hydrogen-bond acceptors (Lipinski definition) is 5. The SMILES string of the molecule is CCCCC/C=C\C/C=C\CCCCCCCCCCCC(=O)OCCCCCCCCCCCCCCCC(=O)NC(CO)C(O)/C=C/CCCCCCCCCCCCCCC. The molecule has 0 aromatic heterocycles. The second-order valence-electron chi connectivity index (χ2n) is 19.3. The lowest BCUT2D eigenvalue weighted by Gasteiger charge is -2.20. The minimum Gasteiger partial charge on any atom is -0.466 e. The molecule has 64 heavy (non-hydrogen) atoms. The van der Waals surface area contributed by atoms with Gasteiger partial charge in [-0.3, -0.25) is 9.59 Å². The van der Waals surface area contributed by atoms with Gasteiger partial charge in [0.1, 0.15) is 0 Å². The van der Waals surface area contributed by atoms with Crippen LogP contribution in [-0.2, 0) is 14.3 Å². The van der Waals surface area contributed by atoms with Gasteiger partial charge in [-0.1, -0.05) is 256 Å². The van der Waals surface area contributed by atoms with E-state index in [9.17, 15) is 19.8 Å². The maximum absolute atomic E-state index is 12.4. The van der Waals surface area contributed by atoms with E-state index in [1.807, 2.05) is 6.08 Å². The summed E-state index contributed by atoms with van der Waals surface area (Å²) in [4.78, 5) is 24.5. The lowest BCUT2D eigenvalue weighted by Crippen LogP contribution is -2.45. The number of carbonyl (C=O) groups is 2. The number of esters is 1. The molecule has 0 aliphatic heterocycles. The molecule has 0 radical (unpaired) electrons. The highest BCUT2D eigenvalue weighted by Gasteiger charge is 2.18. The molecule has 1 amide bonds. The van der Waals surface area contributed by atoms with Gasteiger partial charge in [-0.05, 0) is 64.2 Å². The monoisotopic (exact) mass is 900 g/mol. The molecule has 0 fully saturated rings. The highest BCUT2D eigenvalue weighted by Crippen LogP contribution is 2.16. The van der Waals surface area contributed by atoms with Crippen LogP contribution in [0.4, 0.5) is 0 Å². The second-order valence-corrected chi connectivity index (χ2v) is 19.3. The Bertz CT molecular complexity index is 1040. The van der Waals surface area contributed by atoms with E-state index < -0.39 is 12.1 Å². The van der Waals surface area contributed by atoms with Crippen molar-refractivity contribution in [2.45, 2.75) is 309 Å². The Balaban J connectivity index is 3.46. The van der Waals surface area contributed by atoms with E-state index in [0.29, 0.717) is 19.4 Å². The molecular weight excluding hydrogens is 791 g/mol. The lowest BCUT2D eigenvalue weighted by atomic mass is 10.0. The third kappa shape index (κ3) is 49.5. The molecular formula is C58H109NO5. The highest BCUT2D eigenvalue weighted by atomic mass is 16.5. The fourth-order valence-corrected chi connectivity index (χ4v) is 8.55. The molecule has 0 rings (SSSR count). The van der Waals surface area contributed by atoms with E-state index >= 15 is 0 Å². The molecule has 0 aromatic carbocycles. The van der Waals surface area contributed by atoms with Crippen LogP contribution >= 0.6 is 0 Å². The first kappa shape index (κ1) is 62.1. The van der Waals surface area contributed by atoms with Crippen molar-refractivity contribution in [2.75, 3.05) is 13.2 Å². The van der Waals surface area contributed by atoms with Crippen molar-refractivity contribution in [3.8, 4) is 0 Å². The van der Waals surface area contributed by atoms with E-state index in [0.717, 1.165) is 64.2 Å². The van der Waals surface area contributed by atoms with Crippen molar-refractivity contribution in [2.24, 2.45) is 0 Å². The number of ether oxygens (including phenoxy) is 1. The van der Waals surface area contributed by atoms with E-state index in [1.54, 1.807) is 6.08 Å². The summed E-state index contributed by atoms with van der Waals surface area (Å²) in [5.41, 5.74) is 0. The van der Waals surface area contributed by atoms with Crippen molar-refractivity contribution in [1.82, 2.24) is 5.32 Å². The topological polar surface area (TPSA) is 95.9 Å².